The Kier molecular flexibility index (Phi) is 5.35. The average Bonchev–Trinajstić information content (AvgIpc) is 3.11. The number of carbonyl (C=O) groups is 1. The first kappa shape index (κ1) is 21.1. The molecule has 0 saturated heterocycles. The first-order valence-corrected chi connectivity index (χ1v) is 11.0. The van der Waals surface area contributed by atoms with E-state index >= 15 is 0 Å². The van der Waals surface area contributed by atoms with Gasteiger partial charge in [0.25, 0.3) is 5.56 Å². The van der Waals surface area contributed by atoms with Crippen LogP contribution in [0.3, 0.4) is 0 Å². The van der Waals surface area contributed by atoms with Gasteiger partial charge < -0.3 is 4.74 Å². The largest absolute Gasteiger partial charge is 0.459 e. The molecule has 0 aliphatic rings. The van der Waals surface area contributed by atoms with E-state index < -0.39 is 5.60 Å². The zero-order valence-electron chi connectivity index (χ0n) is 18.2. The molecule has 4 rings (SSSR count). The van der Waals surface area contributed by atoms with Gasteiger partial charge in [0.15, 0.2) is 5.16 Å². The fourth-order valence-electron chi connectivity index (χ4n) is 3.63. The molecular weight excluding hydrogens is 412 g/mol. The lowest BCUT2D eigenvalue weighted by atomic mass is 10.1. The fourth-order valence-corrected chi connectivity index (χ4v) is 4.34. The number of esters is 1. The Bertz CT molecular complexity index is 1350. The molecule has 2 aromatic carbocycles. The average molecular weight is 437 g/mol. The second-order valence-electron chi connectivity index (χ2n) is 8.39. The van der Waals surface area contributed by atoms with Crippen LogP contribution in [0.2, 0.25) is 0 Å². The third-order valence-electron chi connectivity index (χ3n) is 4.80. The van der Waals surface area contributed by atoms with Gasteiger partial charge in [0.05, 0.1) is 22.3 Å². The van der Waals surface area contributed by atoms with Crippen LogP contribution < -0.4 is 5.56 Å². The molecule has 0 N–H and O–H groups in total. The second-order valence-corrected chi connectivity index (χ2v) is 9.33. The number of hydrogen-bond acceptors (Lipinski definition) is 6. The van der Waals surface area contributed by atoms with Crippen LogP contribution in [0.4, 0.5) is 0 Å². The van der Waals surface area contributed by atoms with Gasteiger partial charge in [0, 0.05) is 0 Å². The number of benzene rings is 2. The third kappa shape index (κ3) is 3.95. The molecule has 31 heavy (non-hydrogen) atoms. The smallest absolute Gasteiger partial charge is 0.316 e. The number of aryl methyl sites for hydroxylation is 2. The lowest BCUT2D eigenvalue weighted by molar-refractivity contribution is -0.151. The van der Waals surface area contributed by atoms with Gasteiger partial charge in [-0.15, -0.1) is 10.2 Å². The zero-order chi connectivity index (χ0) is 22.3. The normalized spacial score (nSPS) is 11.9. The van der Waals surface area contributed by atoms with Gasteiger partial charge in [-0.2, -0.15) is 0 Å². The molecule has 7 nitrogen and oxygen atoms in total. The Labute approximate surface area is 184 Å². The van der Waals surface area contributed by atoms with Crippen molar-refractivity contribution in [1.29, 1.82) is 0 Å². The van der Waals surface area contributed by atoms with E-state index in [2.05, 4.69) is 10.2 Å². The molecule has 8 heteroatoms. The van der Waals surface area contributed by atoms with Crippen molar-refractivity contribution in [3.8, 4) is 5.69 Å². The predicted molar refractivity (Wildman–Crippen MR) is 122 cm³/mol. The summed E-state index contributed by atoms with van der Waals surface area (Å²) in [5.41, 5.74) is 2.70. The predicted octanol–water partition coefficient (Wildman–Crippen LogP) is 4.08. The van der Waals surface area contributed by atoms with Crippen LogP contribution in [0.15, 0.2) is 52.4 Å². The highest BCUT2D eigenvalue weighted by Crippen LogP contribution is 2.26. The van der Waals surface area contributed by atoms with Crippen molar-refractivity contribution in [3.05, 3.63) is 63.9 Å². The molecule has 0 aliphatic carbocycles. The maximum absolute atomic E-state index is 13.5. The molecule has 0 atom stereocenters. The van der Waals surface area contributed by atoms with Crippen LogP contribution in [0.5, 0.6) is 0 Å². The molecule has 0 unspecified atom stereocenters. The molecule has 160 valence electrons. The number of fused-ring (bicyclic) bond motifs is 3. The van der Waals surface area contributed by atoms with Crippen LogP contribution in [-0.2, 0) is 9.53 Å². The van der Waals surface area contributed by atoms with E-state index in [0.29, 0.717) is 21.8 Å². The van der Waals surface area contributed by atoms with Gasteiger partial charge in [-0.1, -0.05) is 42.1 Å². The number of thioether (sulfide) groups is 1. The quantitative estimate of drug-likeness (QED) is 0.354. The minimum Gasteiger partial charge on any atom is -0.459 e. The molecule has 2 heterocycles. The lowest BCUT2D eigenvalue weighted by Gasteiger charge is -2.19. The molecule has 0 saturated carbocycles. The number of ether oxygens (including phenoxy) is 1. The van der Waals surface area contributed by atoms with Crippen molar-refractivity contribution in [1.82, 2.24) is 19.2 Å². The van der Waals surface area contributed by atoms with E-state index in [4.69, 9.17) is 4.74 Å². The number of aromatic nitrogens is 4. The van der Waals surface area contributed by atoms with Crippen molar-refractivity contribution in [2.75, 3.05) is 5.75 Å². The topological polar surface area (TPSA) is 78.5 Å². The summed E-state index contributed by atoms with van der Waals surface area (Å²) in [6.45, 7) is 9.43. The summed E-state index contributed by atoms with van der Waals surface area (Å²) >= 11 is 1.24. The molecular formula is C23H24N4O3S. The minimum atomic E-state index is -0.555. The Hall–Kier alpha value is -3.13. The van der Waals surface area contributed by atoms with Crippen LogP contribution in [0.25, 0.3) is 22.4 Å². The van der Waals surface area contributed by atoms with Crippen molar-refractivity contribution in [2.45, 2.75) is 45.4 Å². The molecule has 0 fully saturated rings. The van der Waals surface area contributed by atoms with Crippen LogP contribution in [0, 0.1) is 13.8 Å². The molecule has 0 amide bonds. The van der Waals surface area contributed by atoms with Crippen molar-refractivity contribution < 1.29 is 9.53 Å². The summed E-state index contributed by atoms with van der Waals surface area (Å²) < 4.78 is 8.85. The maximum atomic E-state index is 13.5. The third-order valence-corrected chi connectivity index (χ3v) is 5.70. The van der Waals surface area contributed by atoms with Crippen molar-refractivity contribution in [2.24, 2.45) is 0 Å². The monoisotopic (exact) mass is 436 g/mol. The summed E-state index contributed by atoms with van der Waals surface area (Å²) in [4.78, 5) is 25.7. The highest BCUT2D eigenvalue weighted by Gasteiger charge is 2.21. The van der Waals surface area contributed by atoms with Gasteiger partial charge in [-0.05, 0) is 57.9 Å². The summed E-state index contributed by atoms with van der Waals surface area (Å²) in [7, 11) is 0. The number of hydrogen-bond donors (Lipinski definition) is 0. The standard InChI is InChI=1S/C23H24N4O3S/c1-14-9-8-10-15(2)19(14)27-20(29)16-11-6-7-12-17(16)26-21(27)24-25-22(26)31-13-18(28)30-23(3,4)5/h6-12H,13H2,1-5H3. The van der Waals surface area contributed by atoms with Gasteiger partial charge in [0.2, 0.25) is 5.78 Å². The van der Waals surface area contributed by atoms with Gasteiger partial charge in [-0.3, -0.25) is 14.0 Å². The van der Waals surface area contributed by atoms with Gasteiger partial charge in [-0.25, -0.2) is 4.57 Å². The Morgan fingerprint density at radius 3 is 2.39 bits per heavy atom. The number of para-hydroxylation sites is 2. The van der Waals surface area contributed by atoms with Gasteiger partial charge in [0.1, 0.15) is 5.60 Å². The van der Waals surface area contributed by atoms with E-state index in [9.17, 15) is 9.59 Å². The Morgan fingerprint density at radius 2 is 1.71 bits per heavy atom. The van der Waals surface area contributed by atoms with Gasteiger partial charge >= 0.3 is 5.97 Å². The SMILES string of the molecule is Cc1cccc(C)c1-n1c(=O)c2ccccc2n2c(SCC(=O)OC(C)(C)C)nnc12. The van der Waals surface area contributed by atoms with Crippen molar-refractivity contribution in [3.63, 3.8) is 0 Å². The highest BCUT2D eigenvalue weighted by molar-refractivity contribution is 7.99. The lowest BCUT2D eigenvalue weighted by Crippen LogP contribution is -2.25. The van der Waals surface area contributed by atoms with E-state index in [1.165, 1.54) is 11.8 Å². The van der Waals surface area contributed by atoms with E-state index in [1.807, 2.05) is 75.4 Å². The maximum Gasteiger partial charge on any atom is 0.316 e. The number of rotatable bonds is 4. The molecule has 2 aromatic heterocycles. The van der Waals surface area contributed by atoms with Crippen LogP contribution >= 0.6 is 11.8 Å². The highest BCUT2D eigenvalue weighted by atomic mass is 32.2. The summed E-state index contributed by atoms with van der Waals surface area (Å²) in [5.74, 6) is 0.170. The van der Waals surface area contributed by atoms with Crippen molar-refractivity contribution >= 4 is 34.4 Å². The van der Waals surface area contributed by atoms with E-state index in [1.54, 1.807) is 10.6 Å². The second kappa shape index (κ2) is 7.85. The zero-order valence-corrected chi connectivity index (χ0v) is 19.0. The Balaban J connectivity index is 1.92. The summed E-state index contributed by atoms with van der Waals surface area (Å²) in [5, 5.41) is 9.73. The number of carbonyl (C=O) groups excluding carboxylic acids is 1. The van der Waals surface area contributed by atoms with Crippen LogP contribution in [-0.4, -0.2) is 36.5 Å². The van der Waals surface area contributed by atoms with E-state index in [-0.39, 0.29) is 17.3 Å². The molecule has 0 bridgehead atoms. The van der Waals surface area contributed by atoms with Crippen LogP contribution in [0.1, 0.15) is 31.9 Å². The molecule has 0 radical (unpaired) electrons. The fraction of sp³-hybridized carbons (Fsp3) is 0.304. The summed E-state index contributed by atoms with van der Waals surface area (Å²) in [6.07, 6.45) is 0. The Morgan fingerprint density at radius 1 is 1.03 bits per heavy atom. The van der Waals surface area contributed by atoms with E-state index in [0.717, 1.165) is 16.8 Å². The molecule has 0 aliphatic heterocycles. The first-order chi connectivity index (χ1) is 14.7. The molecule has 0 spiro atoms. The first-order valence-electron chi connectivity index (χ1n) is 9.97. The number of nitrogens with zero attached hydrogens (tertiary/aromatic N) is 4. The summed E-state index contributed by atoms with van der Waals surface area (Å²) in [6, 6.07) is 13.3. The minimum absolute atomic E-state index is 0.0922. The molecule has 4 aromatic rings.